The number of hydrogen-bond acceptors (Lipinski definition) is 4. The van der Waals surface area contributed by atoms with Crippen LogP contribution in [-0.2, 0) is 0 Å². The van der Waals surface area contributed by atoms with Crippen LogP contribution in [0.2, 0.25) is 0 Å². The number of hydrogen-bond donors (Lipinski definition) is 3. The SMILES string of the molecule is CCCCNc1cc(C(=S)S)cc(S)c1Oc1ccccc1. The Bertz CT molecular complexity index is 644. The zero-order valence-corrected chi connectivity index (χ0v) is 15.0. The van der Waals surface area contributed by atoms with E-state index in [2.05, 4.69) is 37.5 Å². The van der Waals surface area contributed by atoms with Crippen molar-refractivity contribution in [2.75, 3.05) is 11.9 Å². The van der Waals surface area contributed by atoms with Crippen LogP contribution >= 0.6 is 37.5 Å². The maximum Gasteiger partial charge on any atom is 0.163 e. The number of para-hydroxylation sites is 1. The highest BCUT2D eigenvalue weighted by Gasteiger charge is 2.12. The zero-order chi connectivity index (χ0) is 15.9. The molecule has 0 saturated carbocycles. The van der Waals surface area contributed by atoms with Crippen molar-refractivity contribution >= 4 is 47.4 Å². The first-order valence-corrected chi connectivity index (χ1v) is 8.49. The van der Waals surface area contributed by atoms with E-state index in [1.807, 2.05) is 42.5 Å². The summed E-state index contributed by atoms with van der Waals surface area (Å²) in [4.78, 5) is 0.733. The maximum absolute atomic E-state index is 6.00. The number of thiol groups is 2. The fourth-order valence-electron chi connectivity index (χ4n) is 1.98. The number of unbranched alkanes of at least 4 members (excludes halogenated alkanes) is 1. The second-order valence-corrected chi connectivity index (χ2v) is 6.51. The van der Waals surface area contributed by atoms with E-state index in [1.54, 1.807) is 0 Å². The van der Waals surface area contributed by atoms with Crippen molar-refractivity contribution in [1.82, 2.24) is 0 Å². The van der Waals surface area contributed by atoms with Crippen molar-refractivity contribution in [2.45, 2.75) is 24.7 Å². The molecule has 0 radical (unpaired) electrons. The lowest BCUT2D eigenvalue weighted by atomic mass is 10.2. The molecule has 0 aliphatic carbocycles. The minimum Gasteiger partial charge on any atom is -0.454 e. The van der Waals surface area contributed by atoms with Crippen LogP contribution in [0.3, 0.4) is 0 Å². The Morgan fingerprint density at radius 1 is 1.23 bits per heavy atom. The van der Waals surface area contributed by atoms with Crippen molar-refractivity contribution in [3.05, 3.63) is 48.0 Å². The van der Waals surface area contributed by atoms with Gasteiger partial charge in [-0.3, -0.25) is 0 Å². The molecule has 0 bridgehead atoms. The molecule has 0 fully saturated rings. The summed E-state index contributed by atoms with van der Waals surface area (Å²) in [6.45, 7) is 3.03. The van der Waals surface area contributed by atoms with E-state index in [0.717, 1.165) is 41.3 Å². The van der Waals surface area contributed by atoms with E-state index in [0.29, 0.717) is 9.95 Å². The lowest BCUT2D eigenvalue weighted by molar-refractivity contribution is 0.473. The number of anilines is 1. The summed E-state index contributed by atoms with van der Waals surface area (Å²) >= 11 is 14.0. The Balaban J connectivity index is 2.34. The molecule has 0 aromatic heterocycles. The van der Waals surface area contributed by atoms with Crippen molar-refractivity contribution in [3.63, 3.8) is 0 Å². The van der Waals surface area contributed by atoms with Crippen LogP contribution in [0.15, 0.2) is 47.4 Å². The predicted octanol–water partition coefficient (Wildman–Crippen LogP) is 5.58. The molecule has 0 aliphatic rings. The molecule has 2 nitrogen and oxygen atoms in total. The summed E-state index contributed by atoms with van der Waals surface area (Å²) in [6, 6.07) is 13.5. The van der Waals surface area contributed by atoms with Crippen LogP contribution in [0.1, 0.15) is 25.3 Å². The Morgan fingerprint density at radius 2 is 1.95 bits per heavy atom. The molecule has 5 heteroatoms. The van der Waals surface area contributed by atoms with Crippen molar-refractivity contribution < 1.29 is 4.74 Å². The second kappa shape index (κ2) is 8.46. The molecule has 0 spiro atoms. The van der Waals surface area contributed by atoms with Gasteiger partial charge in [0.05, 0.1) is 9.88 Å². The lowest BCUT2D eigenvalue weighted by Crippen LogP contribution is -2.04. The molecular weight excluding hydrogens is 330 g/mol. The van der Waals surface area contributed by atoms with Gasteiger partial charge in [0.2, 0.25) is 0 Å². The van der Waals surface area contributed by atoms with Crippen molar-refractivity contribution in [1.29, 1.82) is 0 Å². The quantitative estimate of drug-likeness (QED) is 0.345. The van der Waals surface area contributed by atoms with E-state index < -0.39 is 0 Å². The van der Waals surface area contributed by atoms with Crippen LogP contribution in [0.25, 0.3) is 0 Å². The van der Waals surface area contributed by atoms with Gasteiger partial charge in [0.1, 0.15) is 5.75 Å². The summed E-state index contributed by atoms with van der Waals surface area (Å²) in [5, 5.41) is 3.40. The van der Waals surface area contributed by atoms with E-state index in [9.17, 15) is 0 Å². The largest absolute Gasteiger partial charge is 0.454 e. The molecule has 22 heavy (non-hydrogen) atoms. The third-order valence-corrected chi connectivity index (χ3v) is 3.95. The lowest BCUT2D eigenvalue weighted by Gasteiger charge is -2.16. The normalized spacial score (nSPS) is 10.3. The van der Waals surface area contributed by atoms with Gasteiger partial charge in [0.15, 0.2) is 5.75 Å². The van der Waals surface area contributed by atoms with E-state index in [4.69, 9.17) is 17.0 Å². The van der Waals surface area contributed by atoms with Crippen LogP contribution in [0.4, 0.5) is 5.69 Å². The van der Waals surface area contributed by atoms with Crippen LogP contribution < -0.4 is 10.1 Å². The molecule has 0 heterocycles. The third-order valence-electron chi connectivity index (χ3n) is 3.13. The molecule has 0 atom stereocenters. The van der Waals surface area contributed by atoms with Gasteiger partial charge in [-0.2, -0.15) is 0 Å². The molecule has 2 rings (SSSR count). The molecule has 1 N–H and O–H groups in total. The summed E-state index contributed by atoms with van der Waals surface area (Å²) in [5.74, 6) is 1.48. The van der Waals surface area contributed by atoms with Crippen LogP contribution in [0, 0.1) is 0 Å². The van der Waals surface area contributed by atoms with Gasteiger partial charge in [0, 0.05) is 17.0 Å². The van der Waals surface area contributed by atoms with E-state index in [-0.39, 0.29) is 0 Å². The average molecular weight is 350 g/mol. The van der Waals surface area contributed by atoms with Gasteiger partial charge >= 0.3 is 0 Å². The molecule has 0 amide bonds. The first-order valence-electron chi connectivity index (χ1n) is 7.19. The number of rotatable bonds is 7. The predicted molar refractivity (Wildman–Crippen MR) is 104 cm³/mol. The zero-order valence-electron chi connectivity index (χ0n) is 12.4. The van der Waals surface area contributed by atoms with Crippen LogP contribution in [0.5, 0.6) is 11.5 Å². The number of ether oxygens (including phenoxy) is 1. The van der Waals surface area contributed by atoms with E-state index >= 15 is 0 Å². The molecule has 116 valence electrons. The number of thiocarbonyl (C=S) groups is 1. The van der Waals surface area contributed by atoms with Gasteiger partial charge in [0.25, 0.3) is 0 Å². The average Bonchev–Trinajstić information content (AvgIpc) is 2.51. The highest BCUT2D eigenvalue weighted by Crippen LogP contribution is 2.37. The highest BCUT2D eigenvalue weighted by atomic mass is 32.1. The van der Waals surface area contributed by atoms with Gasteiger partial charge in [-0.25, -0.2) is 0 Å². The molecule has 2 aromatic carbocycles. The summed E-state index contributed by atoms with van der Waals surface area (Å²) in [5.41, 5.74) is 1.75. The Hall–Kier alpha value is -1.17. The topological polar surface area (TPSA) is 21.3 Å². The van der Waals surface area contributed by atoms with Gasteiger partial charge in [-0.1, -0.05) is 43.8 Å². The summed E-state index contributed by atoms with van der Waals surface area (Å²) < 4.78 is 6.54. The van der Waals surface area contributed by atoms with Crippen LogP contribution in [-0.4, -0.2) is 10.7 Å². The summed E-state index contributed by atoms with van der Waals surface area (Å²) in [6.07, 6.45) is 2.21. The second-order valence-electron chi connectivity index (χ2n) is 4.87. The van der Waals surface area contributed by atoms with Crippen molar-refractivity contribution in [2.24, 2.45) is 0 Å². The number of benzene rings is 2. The molecule has 0 saturated heterocycles. The fraction of sp³-hybridized carbons (Fsp3) is 0.235. The minimum atomic E-state index is 0.542. The first kappa shape index (κ1) is 17.2. The van der Waals surface area contributed by atoms with Crippen molar-refractivity contribution in [3.8, 4) is 11.5 Å². The molecular formula is C17H19NOS3. The first-order chi connectivity index (χ1) is 10.6. The Morgan fingerprint density at radius 3 is 2.59 bits per heavy atom. The fourth-order valence-corrected chi connectivity index (χ4v) is 2.53. The standard InChI is InChI=1S/C17H19NOS3/c1-2-3-9-18-14-10-12(17(21)22)11-15(20)16(14)19-13-7-5-4-6-8-13/h4-8,10-11,18,20H,2-3,9H2,1H3,(H,21,22). The Kier molecular flexibility index (Phi) is 6.61. The smallest absolute Gasteiger partial charge is 0.163 e. The number of nitrogens with one attached hydrogen (secondary N) is 1. The third kappa shape index (κ3) is 4.66. The monoisotopic (exact) mass is 349 g/mol. The van der Waals surface area contributed by atoms with E-state index in [1.165, 1.54) is 0 Å². The summed E-state index contributed by atoms with van der Waals surface area (Å²) in [7, 11) is 0. The van der Waals surface area contributed by atoms with Gasteiger partial charge in [-0.15, -0.1) is 25.3 Å². The molecule has 2 aromatic rings. The molecule has 0 unspecified atom stereocenters. The highest BCUT2D eigenvalue weighted by molar-refractivity contribution is 8.11. The van der Waals surface area contributed by atoms with Gasteiger partial charge < -0.3 is 10.1 Å². The van der Waals surface area contributed by atoms with Gasteiger partial charge in [-0.05, 0) is 30.7 Å². The minimum absolute atomic E-state index is 0.542. The Labute approximate surface area is 148 Å². The maximum atomic E-state index is 6.00. The molecule has 0 aliphatic heterocycles.